The number of carbonyl (C=O) groups excluding carboxylic acids is 3. The monoisotopic (exact) mass is 1410 g/mol. The van der Waals surface area contributed by atoms with E-state index < -0.39 is 244 Å². The van der Waals surface area contributed by atoms with Gasteiger partial charge in [0.25, 0.3) is 0 Å². The van der Waals surface area contributed by atoms with Crippen LogP contribution >= 0.6 is 0 Å². The fourth-order valence-corrected chi connectivity index (χ4v) is 18.3. The number of rotatable bonds is 22. The van der Waals surface area contributed by atoms with Crippen LogP contribution in [0.2, 0.25) is 0 Å². The Balaban J connectivity index is 0.721. The zero-order chi connectivity index (χ0) is 71.4. The standard InChI is InChI=1S/C67H108O31/c1-27(70)37-18-20-67(98-34(8)73)38-16-15-35-21-36(17-19-65(35,9)47(38)59(88-32(6)71)61(66(37,67)10)89-33(7)72)90-44-22-39(80-11)54(28(2)84-44)93-45-23-40(81-12)55(29(3)85-45)94-46-24-41(82-13)56(30(4)86-46)95-64-53(79)60(83-14)57(31(5)87-64)96-63-52(78)50(76)58(43(26-69)92-63)97-62-51(77)49(75)48(74)42(25-68)91-62/h15,27-31,36-64,68-70,74-79H,16-26H2,1-14H3/t27-,28?,29?,30?,31?,36-,37+,38?,39?,40?,41?,42?,43?,44?,45?,46?,47?,48?,49?,50?,51?,52?,53?,54?,55?,56?,57?,58?,59-,60?,61+,62?,63?,64?,65-,66-,67-/m0/s1. The van der Waals surface area contributed by atoms with Crippen LogP contribution in [0, 0.1) is 28.6 Å². The van der Waals surface area contributed by atoms with Crippen molar-refractivity contribution in [1.29, 1.82) is 0 Å². The molecule has 6 saturated heterocycles. The lowest BCUT2D eigenvalue weighted by Crippen LogP contribution is -2.73. The highest BCUT2D eigenvalue weighted by Gasteiger charge is 2.77. The third kappa shape index (κ3) is 14.9. The number of hydrogen-bond acceptors (Lipinski definition) is 31. The molecular weight excluding hydrogens is 1300 g/mol. The summed E-state index contributed by atoms with van der Waals surface area (Å²) in [6.07, 6.45) is -27.7. The Hall–Kier alpha value is -2.85. The number of hydrogen-bond donors (Lipinski definition) is 9. The van der Waals surface area contributed by atoms with E-state index >= 15 is 0 Å². The van der Waals surface area contributed by atoms with Crippen molar-refractivity contribution >= 4 is 17.9 Å². The van der Waals surface area contributed by atoms with Crippen molar-refractivity contribution in [3.63, 3.8) is 0 Å². The highest BCUT2D eigenvalue weighted by molar-refractivity contribution is 5.69. The minimum atomic E-state index is -1.87. The average molecular weight is 1410 g/mol. The quantitative estimate of drug-likeness (QED) is 0.0386. The van der Waals surface area contributed by atoms with E-state index in [0.717, 1.165) is 5.57 Å². The van der Waals surface area contributed by atoms with Gasteiger partial charge in [0.1, 0.15) is 103 Å². The van der Waals surface area contributed by atoms with Gasteiger partial charge in [-0.1, -0.05) is 25.5 Å². The van der Waals surface area contributed by atoms with Gasteiger partial charge in [-0.15, -0.1) is 0 Å². The molecule has 562 valence electrons. The number of ether oxygens (including phenoxy) is 19. The Labute approximate surface area is 571 Å². The molecule has 0 aromatic heterocycles. The molecule has 31 heteroatoms. The van der Waals surface area contributed by atoms with Gasteiger partial charge < -0.3 is 136 Å². The summed E-state index contributed by atoms with van der Waals surface area (Å²) >= 11 is 0. The molecule has 0 amide bonds. The van der Waals surface area contributed by atoms with E-state index in [0.29, 0.717) is 44.9 Å². The number of aliphatic hydroxyl groups is 9. The normalized spacial score (nSPS) is 50.0. The van der Waals surface area contributed by atoms with Crippen LogP contribution < -0.4 is 0 Å². The second kappa shape index (κ2) is 31.9. The van der Waals surface area contributed by atoms with Crippen molar-refractivity contribution in [1.82, 2.24) is 0 Å². The molecule has 0 aromatic rings. The van der Waals surface area contributed by atoms with Crippen molar-refractivity contribution in [2.24, 2.45) is 28.6 Å². The van der Waals surface area contributed by atoms with Gasteiger partial charge in [-0.2, -0.15) is 0 Å². The fourth-order valence-electron chi connectivity index (χ4n) is 18.3. The van der Waals surface area contributed by atoms with Crippen LogP contribution in [0.4, 0.5) is 0 Å². The summed E-state index contributed by atoms with van der Waals surface area (Å²) in [5.74, 6) is -2.78. The van der Waals surface area contributed by atoms with Gasteiger partial charge in [-0.3, -0.25) is 14.4 Å². The second-order valence-electron chi connectivity index (χ2n) is 28.9. The number of aliphatic hydroxyl groups excluding tert-OH is 9. The van der Waals surface area contributed by atoms with Crippen LogP contribution in [-0.2, 0) is 104 Å². The molecule has 9 fully saturated rings. The van der Waals surface area contributed by atoms with Gasteiger partial charge in [-0.05, 0) is 84.5 Å². The minimum Gasteiger partial charge on any atom is -0.458 e. The molecule has 10 rings (SSSR count). The maximum Gasteiger partial charge on any atom is 0.303 e. The topological polar surface area (TPSA) is 409 Å². The minimum absolute atomic E-state index is 0.169. The predicted octanol–water partition coefficient (Wildman–Crippen LogP) is -0.164. The van der Waals surface area contributed by atoms with Crippen LogP contribution in [0.1, 0.15) is 127 Å². The molecule has 37 atom stereocenters. The molecule has 4 aliphatic carbocycles. The van der Waals surface area contributed by atoms with Crippen LogP contribution in [-0.4, -0.2) is 301 Å². The van der Waals surface area contributed by atoms with Crippen molar-refractivity contribution in [3.8, 4) is 0 Å². The lowest BCUT2D eigenvalue weighted by atomic mass is 9.43. The Kier molecular flexibility index (Phi) is 25.3. The van der Waals surface area contributed by atoms with Crippen molar-refractivity contribution in [2.75, 3.05) is 41.7 Å². The molecule has 6 aliphatic heterocycles. The Morgan fingerprint density at radius 1 is 0.531 bits per heavy atom. The van der Waals surface area contributed by atoms with Crippen LogP contribution in [0.25, 0.3) is 0 Å². The van der Waals surface area contributed by atoms with Crippen molar-refractivity contribution in [3.05, 3.63) is 11.6 Å². The molecule has 29 unspecified atom stereocenters. The van der Waals surface area contributed by atoms with Gasteiger partial charge >= 0.3 is 17.9 Å². The molecule has 0 spiro atoms. The maximum atomic E-state index is 13.2. The van der Waals surface area contributed by atoms with E-state index in [1.54, 1.807) is 35.0 Å². The fraction of sp³-hybridized carbons (Fsp3) is 0.925. The molecule has 98 heavy (non-hydrogen) atoms. The van der Waals surface area contributed by atoms with Crippen LogP contribution in [0.5, 0.6) is 0 Å². The van der Waals surface area contributed by atoms with Gasteiger partial charge in [0, 0.05) is 80.3 Å². The highest BCUT2D eigenvalue weighted by Crippen LogP contribution is 2.71. The summed E-state index contributed by atoms with van der Waals surface area (Å²) in [6, 6.07) is 0. The largest absolute Gasteiger partial charge is 0.458 e. The van der Waals surface area contributed by atoms with E-state index in [2.05, 4.69) is 13.0 Å². The summed E-state index contributed by atoms with van der Waals surface area (Å²) in [5.41, 5.74) is -1.74. The molecular formula is C67H108O31. The van der Waals surface area contributed by atoms with Crippen molar-refractivity contribution in [2.45, 2.75) is 323 Å². The summed E-state index contributed by atoms with van der Waals surface area (Å²) in [5, 5.41) is 96.6. The smallest absolute Gasteiger partial charge is 0.303 e. The zero-order valence-electron chi connectivity index (χ0n) is 58.5. The van der Waals surface area contributed by atoms with Crippen molar-refractivity contribution < 1.29 is 150 Å². The first-order chi connectivity index (χ1) is 46.4. The first-order valence-corrected chi connectivity index (χ1v) is 34.6. The molecule has 10 aliphatic rings. The summed E-state index contributed by atoms with van der Waals surface area (Å²) in [7, 11) is 6.02. The Morgan fingerprint density at radius 3 is 1.53 bits per heavy atom. The third-order valence-electron chi connectivity index (χ3n) is 23.1. The first-order valence-electron chi connectivity index (χ1n) is 34.6. The maximum absolute atomic E-state index is 13.2. The second-order valence-corrected chi connectivity index (χ2v) is 28.9. The average Bonchev–Trinajstić information content (AvgIpc) is 1.36. The van der Waals surface area contributed by atoms with E-state index in [1.165, 1.54) is 35.0 Å². The molecule has 9 N–H and O–H groups in total. The van der Waals surface area contributed by atoms with E-state index in [1.807, 2.05) is 20.8 Å². The molecule has 0 aromatic carbocycles. The van der Waals surface area contributed by atoms with Gasteiger partial charge in [-0.25, -0.2) is 0 Å². The van der Waals surface area contributed by atoms with Gasteiger partial charge in [0.05, 0.1) is 73.6 Å². The number of carbonyl (C=O) groups is 3. The van der Waals surface area contributed by atoms with E-state index in [9.17, 15) is 60.3 Å². The first kappa shape index (κ1) is 77.8. The number of esters is 3. The summed E-state index contributed by atoms with van der Waals surface area (Å²) in [6.45, 7) is 15.4. The third-order valence-corrected chi connectivity index (χ3v) is 23.1. The lowest BCUT2D eigenvalue weighted by molar-refractivity contribution is -0.385. The van der Waals surface area contributed by atoms with E-state index in [-0.39, 0.29) is 24.9 Å². The van der Waals surface area contributed by atoms with Gasteiger partial charge in [0.2, 0.25) is 0 Å². The van der Waals surface area contributed by atoms with E-state index in [4.69, 9.17) is 90.0 Å². The van der Waals surface area contributed by atoms with Crippen LogP contribution in [0.15, 0.2) is 11.6 Å². The SMILES string of the molecule is COC1CC(O[C@H]2CC[C@@]3(C)C(=CCC4C3[C@H](OC(C)=O)[C@@H](OC(C)=O)[C@]3(C)[C@@H]([C@H](C)O)CC[C@]43OC(C)=O)C2)OC(C)C1OC1CC(OC)C(OC2CC(OC)C(OC3OC(C)C(OC4OC(CO)C(OC5OC(CO)C(O)C(O)C5O)C(O)C4O)C(OC)C3O)C(C)O2)C(C)O1. The molecule has 0 bridgehead atoms. The Morgan fingerprint density at radius 2 is 1.02 bits per heavy atom. The molecule has 31 nitrogen and oxygen atoms in total. The van der Waals surface area contributed by atoms with Crippen LogP contribution in [0.3, 0.4) is 0 Å². The summed E-state index contributed by atoms with van der Waals surface area (Å²) < 4.78 is 118. The summed E-state index contributed by atoms with van der Waals surface area (Å²) in [4.78, 5) is 39.4. The number of methoxy groups -OCH3 is 4. The highest BCUT2D eigenvalue weighted by atomic mass is 16.8. The Bertz CT molecular complexity index is 2690. The van der Waals surface area contributed by atoms with Gasteiger partial charge in [0.15, 0.2) is 37.7 Å². The molecule has 3 saturated carbocycles. The zero-order valence-corrected chi connectivity index (χ0v) is 58.5. The lowest BCUT2D eigenvalue weighted by Gasteiger charge is -2.65. The number of allylic oxidation sites excluding steroid dienone is 1. The number of fused-ring (bicyclic) bond motifs is 5. The molecule has 6 heterocycles. The molecule has 0 radical (unpaired) electrons. The predicted molar refractivity (Wildman–Crippen MR) is 331 cm³/mol.